The number of aliphatic hydroxyl groups excluding tert-OH is 1. The van der Waals surface area contributed by atoms with Crippen LogP contribution in [0.25, 0.3) is 0 Å². The quantitative estimate of drug-likeness (QED) is 0.751. The lowest BCUT2D eigenvalue weighted by molar-refractivity contribution is 0.281. The van der Waals surface area contributed by atoms with Crippen LogP contribution in [0.4, 0.5) is 0 Å². The zero-order chi connectivity index (χ0) is 11.8. The highest BCUT2D eigenvalue weighted by molar-refractivity contribution is 5.34. The van der Waals surface area contributed by atoms with E-state index in [4.69, 9.17) is 5.11 Å². The maximum atomic E-state index is 9.04. The molecule has 0 radical (unpaired) electrons. The maximum absolute atomic E-state index is 9.04. The van der Waals surface area contributed by atoms with Crippen molar-refractivity contribution in [1.82, 2.24) is 0 Å². The third kappa shape index (κ3) is 1.69. The van der Waals surface area contributed by atoms with Gasteiger partial charge in [0.1, 0.15) is 0 Å². The van der Waals surface area contributed by atoms with Crippen molar-refractivity contribution in [3.05, 3.63) is 47.5 Å². The number of rotatable bonds is 2. The molecule has 1 heteroatoms. The smallest absolute Gasteiger partial charge is 0.0681 e. The monoisotopic (exact) mass is 216 g/mol. The Bertz CT molecular complexity index is 390. The molecule has 1 saturated carbocycles. The van der Waals surface area contributed by atoms with E-state index in [2.05, 4.69) is 32.6 Å². The SMILES string of the molecule is C=C1CC[C@@](C)(c2ccc(CO)cc2)C1C. The molecule has 0 bridgehead atoms. The molecule has 2 atom stereocenters. The van der Waals surface area contributed by atoms with E-state index in [9.17, 15) is 0 Å². The second kappa shape index (κ2) is 4.06. The van der Waals surface area contributed by atoms with Crippen LogP contribution in [-0.4, -0.2) is 5.11 Å². The molecular formula is C15H20O. The average molecular weight is 216 g/mol. The van der Waals surface area contributed by atoms with Crippen LogP contribution in [-0.2, 0) is 12.0 Å². The summed E-state index contributed by atoms with van der Waals surface area (Å²) in [5.41, 5.74) is 3.95. The van der Waals surface area contributed by atoms with Gasteiger partial charge in [-0.2, -0.15) is 0 Å². The Morgan fingerprint density at radius 2 is 2.00 bits per heavy atom. The normalized spacial score (nSPS) is 29.7. The van der Waals surface area contributed by atoms with Crippen molar-refractivity contribution in [2.75, 3.05) is 0 Å². The summed E-state index contributed by atoms with van der Waals surface area (Å²) < 4.78 is 0. The molecule has 1 fully saturated rings. The van der Waals surface area contributed by atoms with Crippen molar-refractivity contribution in [3.63, 3.8) is 0 Å². The van der Waals surface area contributed by atoms with E-state index in [0.717, 1.165) is 12.0 Å². The molecule has 16 heavy (non-hydrogen) atoms. The summed E-state index contributed by atoms with van der Waals surface area (Å²) in [6.07, 6.45) is 2.32. The summed E-state index contributed by atoms with van der Waals surface area (Å²) in [6.45, 7) is 8.87. The van der Waals surface area contributed by atoms with Crippen LogP contribution in [0.15, 0.2) is 36.4 Å². The summed E-state index contributed by atoms with van der Waals surface area (Å²) >= 11 is 0. The van der Waals surface area contributed by atoms with Gasteiger partial charge in [0, 0.05) is 0 Å². The molecule has 0 aliphatic heterocycles. The zero-order valence-electron chi connectivity index (χ0n) is 10.2. The van der Waals surface area contributed by atoms with Gasteiger partial charge < -0.3 is 5.11 Å². The maximum Gasteiger partial charge on any atom is 0.0681 e. The first-order chi connectivity index (χ1) is 7.58. The third-order valence-electron chi connectivity index (χ3n) is 4.33. The minimum Gasteiger partial charge on any atom is -0.392 e. The molecule has 1 aliphatic rings. The van der Waals surface area contributed by atoms with Gasteiger partial charge in [0.25, 0.3) is 0 Å². The minimum absolute atomic E-state index is 0.124. The first kappa shape index (κ1) is 11.4. The van der Waals surface area contributed by atoms with Gasteiger partial charge in [-0.15, -0.1) is 0 Å². The first-order valence-corrected chi connectivity index (χ1v) is 5.96. The van der Waals surface area contributed by atoms with Crippen LogP contribution < -0.4 is 0 Å². The summed E-state index contributed by atoms with van der Waals surface area (Å²) in [6, 6.07) is 8.35. The van der Waals surface area contributed by atoms with E-state index >= 15 is 0 Å². The molecule has 0 aromatic heterocycles. The van der Waals surface area contributed by atoms with Crippen molar-refractivity contribution >= 4 is 0 Å². The summed E-state index contributed by atoms with van der Waals surface area (Å²) in [4.78, 5) is 0. The second-order valence-electron chi connectivity index (χ2n) is 5.15. The Morgan fingerprint density at radius 3 is 2.44 bits per heavy atom. The Morgan fingerprint density at radius 1 is 1.38 bits per heavy atom. The van der Waals surface area contributed by atoms with E-state index in [1.807, 2.05) is 12.1 Å². The van der Waals surface area contributed by atoms with Gasteiger partial charge in [0.2, 0.25) is 0 Å². The topological polar surface area (TPSA) is 20.2 Å². The molecule has 1 nitrogen and oxygen atoms in total. The Labute approximate surface area is 97.8 Å². The number of allylic oxidation sites excluding steroid dienone is 1. The molecule has 1 unspecified atom stereocenters. The molecular weight excluding hydrogens is 196 g/mol. The highest BCUT2D eigenvalue weighted by Gasteiger charge is 2.39. The van der Waals surface area contributed by atoms with Crippen molar-refractivity contribution in [3.8, 4) is 0 Å². The van der Waals surface area contributed by atoms with Gasteiger partial charge in [-0.3, -0.25) is 0 Å². The zero-order valence-corrected chi connectivity index (χ0v) is 10.2. The van der Waals surface area contributed by atoms with Crippen LogP contribution in [0.3, 0.4) is 0 Å². The third-order valence-corrected chi connectivity index (χ3v) is 4.33. The van der Waals surface area contributed by atoms with Crippen molar-refractivity contribution in [1.29, 1.82) is 0 Å². The highest BCUT2D eigenvalue weighted by atomic mass is 16.3. The molecule has 1 aliphatic carbocycles. The average Bonchev–Trinajstić information content (AvgIpc) is 2.59. The Balaban J connectivity index is 2.32. The Kier molecular flexibility index (Phi) is 2.90. The highest BCUT2D eigenvalue weighted by Crippen LogP contribution is 2.47. The van der Waals surface area contributed by atoms with Gasteiger partial charge >= 0.3 is 0 Å². The second-order valence-corrected chi connectivity index (χ2v) is 5.15. The van der Waals surface area contributed by atoms with E-state index in [1.54, 1.807) is 0 Å². The standard InChI is InChI=1S/C15H20O/c1-11-8-9-15(3,12(11)2)14-6-4-13(10-16)5-7-14/h4-7,12,16H,1,8-10H2,2-3H3/t12?,15-/m1/s1. The van der Waals surface area contributed by atoms with Gasteiger partial charge in [-0.25, -0.2) is 0 Å². The van der Waals surface area contributed by atoms with Crippen molar-refractivity contribution < 1.29 is 5.11 Å². The van der Waals surface area contributed by atoms with E-state index < -0.39 is 0 Å². The summed E-state index contributed by atoms with van der Waals surface area (Å²) in [5, 5.41) is 9.04. The number of aliphatic hydroxyl groups is 1. The molecule has 0 amide bonds. The lowest BCUT2D eigenvalue weighted by atomic mass is 9.74. The number of hydrogen-bond donors (Lipinski definition) is 1. The summed E-state index contributed by atoms with van der Waals surface area (Å²) in [7, 11) is 0. The molecule has 86 valence electrons. The number of hydrogen-bond acceptors (Lipinski definition) is 1. The van der Waals surface area contributed by atoms with Crippen LogP contribution in [0.5, 0.6) is 0 Å². The van der Waals surface area contributed by atoms with E-state index in [1.165, 1.54) is 17.6 Å². The van der Waals surface area contributed by atoms with Gasteiger partial charge in [-0.05, 0) is 35.3 Å². The largest absolute Gasteiger partial charge is 0.392 e. The van der Waals surface area contributed by atoms with Crippen LogP contribution in [0.2, 0.25) is 0 Å². The first-order valence-electron chi connectivity index (χ1n) is 5.96. The lowest BCUT2D eigenvalue weighted by Crippen LogP contribution is -2.25. The van der Waals surface area contributed by atoms with E-state index in [-0.39, 0.29) is 12.0 Å². The van der Waals surface area contributed by atoms with E-state index in [0.29, 0.717) is 5.92 Å². The molecule has 1 N–H and O–H groups in total. The predicted octanol–water partition coefficient (Wildman–Crippen LogP) is 3.42. The molecule has 1 aromatic carbocycles. The fourth-order valence-electron chi connectivity index (χ4n) is 2.69. The van der Waals surface area contributed by atoms with Crippen LogP contribution in [0, 0.1) is 5.92 Å². The molecule has 0 spiro atoms. The molecule has 0 saturated heterocycles. The molecule has 1 aromatic rings. The van der Waals surface area contributed by atoms with Gasteiger partial charge in [0.05, 0.1) is 6.61 Å². The Hall–Kier alpha value is -1.08. The summed E-state index contributed by atoms with van der Waals surface area (Å²) in [5.74, 6) is 0.549. The predicted molar refractivity (Wildman–Crippen MR) is 67.3 cm³/mol. The van der Waals surface area contributed by atoms with Crippen molar-refractivity contribution in [2.45, 2.75) is 38.7 Å². The van der Waals surface area contributed by atoms with Crippen molar-refractivity contribution in [2.24, 2.45) is 5.92 Å². The van der Waals surface area contributed by atoms with Gasteiger partial charge in [-0.1, -0.05) is 50.3 Å². The lowest BCUT2D eigenvalue weighted by Gasteiger charge is -2.30. The number of benzene rings is 1. The minimum atomic E-state index is 0.124. The molecule has 2 rings (SSSR count). The molecule has 0 heterocycles. The van der Waals surface area contributed by atoms with Crippen LogP contribution in [0.1, 0.15) is 37.8 Å². The van der Waals surface area contributed by atoms with Gasteiger partial charge in [0.15, 0.2) is 0 Å². The fourth-order valence-corrected chi connectivity index (χ4v) is 2.69. The van der Waals surface area contributed by atoms with Crippen LogP contribution >= 0.6 is 0 Å². The fraction of sp³-hybridized carbons (Fsp3) is 0.467.